The number of phenolic OH excluding ortho intramolecular Hbond substituents is 1. The Morgan fingerprint density at radius 3 is 2.11 bits per heavy atom. The monoisotopic (exact) mass is 544 g/mol. The number of aromatic nitrogens is 1. The third kappa shape index (κ3) is 6.10. The fourth-order valence-corrected chi connectivity index (χ4v) is 4.19. The van der Waals surface area contributed by atoms with Gasteiger partial charge in [0.05, 0.1) is 6.54 Å². The number of pyridine rings is 1. The molecule has 1 amide bonds. The average Bonchev–Trinajstić information content (AvgIpc) is 2.99. The minimum absolute atomic E-state index is 0. The van der Waals surface area contributed by atoms with Crippen LogP contribution in [0, 0.1) is 12.3 Å². The lowest BCUT2D eigenvalue weighted by molar-refractivity contribution is -0.119. The van der Waals surface area contributed by atoms with Crippen LogP contribution in [0.5, 0.6) is 5.75 Å². The summed E-state index contributed by atoms with van der Waals surface area (Å²) in [6.07, 6.45) is 0. The highest BCUT2D eigenvalue weighted by Gasteiger charge is 2.31. The molecule has 1 aromatic carbocycles. The number of fused-ring (bicyclic) bond motifs is 1. The Bertz CT molecular complexity index is 1140. The van der Waals surface area contributed by atoms with Gasteiger partial charge in [-0.05, 0) is 41.5 Å². The van der Waals surface area contributed by atoms with E-state index in [1.165, 1.54) is 6.92 Å². The van der Waals surface area contributed by atoms with Gasteiger partial charge < -0.3 is 15.3 Å². The molecule has 190 valence electrons. The van der Waals surface area contributed by atoms with Gasteiger partial charge in [0.15, 0.2) is 5.78 Å². The number of benzene rings is 1. The Balaban J connectivity index is 0.00000432. The lowest BCUT2D eigenvalue weighted by Crippen LogP contribution is -2.31. The van der Waals surface area contributed by atoms with Gasteiger partial charge in [0.25, 0.3) is 0 Å². The quantitative estimate of drug-likeness (QED) is 0.462. The van der Waals surface area contributed by atoms with E-state index in [0.29, 0.717) is 24.3 Å². The van der Waals surface area contributed by atoms with Gasteiger partial charge in [-0.25, -0.2) is 4.98 Å². The van der Waals surface area contributed by atoms with E-state index < -0.39 is 0 Å². The van der Waals surface area contributed by atoms with Gasteiger partial charge in [-0.15, -0.1) is 17.0 Å². The van der Waals surface area contributed by atoms with E-state index in [-0.39, 0.29) is 57.6 Å². The van der Waals surface area contributed by atoms with Gasteiger partial charge in [0, 0.05) is 48.0 Å². The van der Waals surface area contributed by atoms with Crippen LogP contribution in [0.15, 0.2) is 18.2 Å². The predicted molar refractivity (Wildman–Crippen MR) is 144 cm³/mol. The number of aromatic hydroxyl groups is 1. The molecule has 3 N–H and O–H groups in total. The zero-order chi connectivity index (χ0) is 25.6. The SMILES string of the molecule is Br.CC(=O)NCc1cc2c(nc1C)C(=N)N(CC(=O)c1cc(C(C)(C)C)c(O)c(C(C)(C)C)c1)C2. The molecule has 1 aromatic heterocycles. The summed E-state index contributed by atoms with van der Waals surface area (Å²) in [6, 6.07) is 5.53. The molecule has 0 fully saturated rings. The van der Waals surface area contributed by atoms with Crippen LogP contribution in [0.25, 0.3) is 0 Å². The number of rotatable bonds is 5. The minimum atomic E-state index is -0.331. The second-order valence-electron chi connectivity index (χ2n) is 11.2. The van der Waals surface area contributed by atoms with Crippen molar-refractivity contribution in [1.29, 1.82) is 5.41 Å². The van der Waals surface area contributed by atoms with Crippen LogP contribution in [0.2, 0.25) is 0 Å². The van der Waals surface area contributed by atoms with Crippen molar-refractivity contribution in [2.75, 3.05) is 6.54 Å². The van der Waals surface area contributed by atoms with Crippen LogP contribution in [0.3, 0.4) is 0 Å². The molecule has 0 aliphatic carbocycles. The highest BCUT2D eigenvalue weighted by molar-refractivity contribution is 8.93. The van der Waals surface area contributed by atoms with Crippen molar-refractivity contribution in [3.63, 3.8) is 0 Å². The molecule has 3 rings (SSSR count). The van der Waals surface area contributed by atoms with Crippen molar-refractivity contribution in [3.05, 3.63) is 57.4 Å². The lowest BCUT2D eigenvalue weighted by Gasteiger charge is -2.28. The summed E-state index contributed by atoms with van der Waals surface area (Å²) in [6.45, 7) is 16.3. The van der Waals surface area contributed by atoms with Crippen LogP contribution in [-0.2, 0) is 28.7 Å². The maximum atomic E-state index is 13.4. The summed E-state index contributed by atoms with van der Waals surface area (Å²) < 4.78 is 0. The van der Waals surface area contributed by atoms with Crippen molar-refractivity contribution in [1.82, 2.24) is 15.2 Å². The molecule has 7 nitrogen and oxygen atoms in total. The molecule has 0 unspecified atom stereocenters. The molecule has 1 aliphatic heterocycles. The molecular weight excluding hydrogens is 508 g/mol. The summed E-state index contributed by atoms with van der Waals surface area (Å²) in [5.74, 6) is 0.245. The number of ketones is 1. The Labute approximate surface area is 218 Å². The standard InChI is InChI=1S/C27H36N4O3.BrH/c1-15-18(12-29-16(2)32)9-19-13-31(25(28)23(19)30-15)14-22(33)17-10-20(26(3,4)5)24(34)21(11-17)27(6,7)8;/h9-11,28,34H,12-14H2,1-8H3,(H,29,32);1H. The van der Waals surface area contributed by atoms with Crippen LogP contribution in [-0.4, -0.2) is 39.1 Å². The van der Waals surface area contributed by atoms with Gasteiger partial charge in [-0.2, -0.15) is 0 Å². The van der Waals surface area contributed by atoms with Crippen molar-refractivity contribution in [2.45, 2.75) is 79.3 Å². The topological polar surface area (TPSA) is 106 Å². The maximum absolute atomic E-state index is 13.4. The molecule has 8 heteroatoms. The number of carbonyl (C=O) groups excluding carboxylic acids is 2. The number of amidine groups is 1. The molecule has 0 saturated heterocycles. The van der Waals surface area contributed by atoms with Gasteiger partial charge in [-0.1, -0.05) is 41.5 Å². The highest BCUT2D eigenvalue weighted by atomic mass is 79.9. The van der Waals surface area contributed by atoms with E-state index in [1.807, 2.05) is 54.5 Å². The zero-order valence-corrected chi connectivity index (χ0v) is 23.6. The van der Waals surface area contributed by atoms with Crippen molar-refractivity contribution >= 4 is 34.5 Å². The summed E-state index contributed by atoms with van der Waals surface area (Å²) in [7, 11) is 0. The zero-order valence-electron chi connectivity index (χ0n) is 21.9. The molecule has 0 saturated carbocycles. The number of halogens is 1. The number of nitrogens with one attached hydrogen (secondary N) is 2. The average molecular weight is 546 g/mol. The molecule has 1 aliphatic rings. The number of Topliss-reactive ketones (excluding diaryl/α,β-unsaturated/α-hetero) is 1. The van der Waals surface area contributed by atoms with Crippen molar-refractivity contribution in [3.8, 4) is 5.75 Å². The summed E-state index contributed by atoms with van der Waals surface area (Å²) in [5.41, 5.74) is 4.46. The van der Waals surface area contributed by atoms with Crippen LogP contribution < -0.4 is 5.32 Å². The van der Waals surface area contributed by atoms with Gasteiger partial charge >= 0.3 is 0 Å². The fraction of sp³-hybridized carbons (Fsp3) is 0.481. The Morgan fingerprint density at radius 2 is 1.63 bits per heavy atom. The second-order valence-corrected chi connectivity index (χ2v) is 11.2. The Morgan fingerprint density at radius 1 is 1.09 bits per heavy atom. The van der Waals surface area contributed by atoms with E-state index in [4.69, 9.17) is 5.41 Å². The van der Waals surface area contributed by atoms with Gasteiger partial charge in [0.1, 0.15) is 17.3 Å². The van der Waals surface area contributed by atoms with E-state index >= 15 is 0 Å². The van der Waals surface area contributed by atoms with Crippen molar-refractivity contribution < 1.29 is 14.7 Å². The molecule has 0 spiro atoms. The van der Waals surface area contributed by atoms with E-state index in [9.17, 15) is 14.7 Å². The molecule has 35 heavy (non-hydrogen) atoms. The molecule has 2 heterocycles. The number of amides is 1. The van der Waals surface area contributed by atoms with E-state index in [2.05, 4.69) is 10.3 Å². The largest absolute Gasteiger partial charge is 0.507 e. The molecular formula is C27H37BrN4O3. The second kappa shape index (κ2) is 10.1. The smallest absolute Gasteiger partial charge is 0.217 e. The summed E-state index contributed by atoms with van der Waals surface area (Å²) in [4.78, 5) is 31.0. The van der Waals surface area contributed by atoms with Crippen LogP contribution in [0.1, 0.15) is 92.5 Å². The first kappa shape index (κ1) is 28.5. The van der Waals surface area contributed by atoms with Crippen molar-refractivity contribution in [2.24, 2.45) is 0 Å². The summed E-state index contributed by atoms with van der Waals surface area (Å²) in [5, 5.41) is 22.3. The first-order chi connectivity index (χ1) is 15.6. The van der Waals surface area contributed by atoms with E-state index in [0.717, 1.165) is 27.9 Å². The number of nitrogens with zero attached hydrogens (tertiary/aromatic N) is 2. The highest BCUT2D eigenvalue weighted by Crippen LogP contribution is 2.40. The van der Waals surface area contributed by atoms with Crippen LogP contribution in [0.4, 0.5) is 0 Å². The molecule has 2 aromatic rings. The summed E-state index contributed by atoms with van der Waals surface area (Å²) >= 11 is 0. The Hall–Kier alpha value is -2.74. The predicted octanol–water partition coefficient (Wildman–Crippen LogP) is 4.93. The molecule has 0 bridgehead atoms. The molecule has 0 radical (unpaired) electrons. The number of hydrogen-bond donors (Lipinski definition) is 3. The van der Waals surface area contributed by atoms with Crippen LogP contribution >= 0.6 is 17.0 Å². The molecule has 0 atom stereocenters. The fourth-order valence-electron chi connectivity index (χ4n) is 4.19. The first-order valence-corrected chi connectivity index (χ1v) is 11.6. The normalized spacial score (nSPS) is 13.4. The third-order valence-electron chi connectivity index (χ3n) is 6.21. The van der Waals surface area contributed by atoms with Gasteiger partial charge in [-0.3, -0.25) is 15.0 Å². The first-order valence-electron chi connectivity index (χ1n) is 11.6. The minimum Gasteiger partial charge on any atom is -0.507 e. The number of aryl methyl sites for hydroxylation is 1. The number of carbonyl (C=O) groups is 2. The third-order valence-corrected chi connectivity index (χ3v) is 6.21. The van der Waals surface area contributed by atoms with Gasteiger partial charge in [0.2, 0.25) is 5.91 Å². The van der Waals surface area contributed by atoms with E-state index in [1.54, 1.807) is 17.0 Å². The number of hydrogen-bond acceptors (Lipinski definition) is 5. The maximum Gasteiger partial charge on any atom is 0.217 e. The number of phenols is 1. The lowest BCUT2D eigenvalue weighted by atomic mass is 9.78. The Kier molecular flexibility index (Phi) is 8.22.